The number of thiocarbonyl (C=S) groups is 1. The molecule has 1 saturated carbocycles. The predicted molar refractivity (Wildman–Crippen MR) is 80.9 cm³/mol. The van der Waals surface area contributed by atoms with E-state index >= 15 is 0 Å². The highest BCUT2D eigenvalue weighted by atomic mass is 32.1. The maximum Gasteiger partial charge on any atom is 0.235 e. The maximum absolute atomic E-state index is 12.9. The molecule has 0 radical (unpaired) electrons. The summed E-state index contributed by atoms with van der Waals surface area (Å²) in [5.74, 6) is -0.0408. The van der Waals surface area contributed by atoms with Gasteiger partial charge in [-0.15, -0.1) is 0 Å². The van der Waals surface area contributed by atoms with E-state index in [1.165, 1.54) is 0 Å². The summed E-state index contributed by atoms with van der Waals surface area (Å²) in [5.41, 5.74) is 4.61. The van der Waals surface area contributed by atoms with Crippen LogP contribution in [0.2, 0.25) is 0 Å². The van der Waals surface area contributed by atoms with Gasteiger partial charge in [0.1, 0.15) is 0 Å². The number of likely N-dealkylation sites (N-methyl/N-ethyl adjacent to an activating group) is 1. The van der Waals surface area contributed by atoms with E-state index in [2.05, 4.69) is 0 Å². The van der Waals surface area contributed by atoms with E-state index in [1.807, 2.05) is 13.8 Å². The number of hydrogen-bond acceptors (Lipinski definition) is 3. The van der Waals surface area contributed by atoms with Crippen LogP contribution in [0, 0.1) is 5.41 Å². The van der Waals surface area contributed by atoms with Gasteiger partial charge in [-0.2, -0.15) is 0 Å². The lowest BCUT2D eigenvalue weighted by Crippen LogP contribution is -2.56. The predicted octanol–water partition coefficient (Wildman–Crippen LogP) is 1.84. The van der Waals surface area contributed by atoms with Crippen LogP contribution in [-0.2, 0) is 4.79 Å². The van der Waals surface area contributed by atoms with Gasteiger partial charge in [-0.25, -0.2) is 0 Å². The van der Waals surface area contributed by atoms with Crippen LogP contribution in [-0.4, -0.2) is 40.1 Å². The first-order valence-electron chi connectivity index (χ1n) is 6.97. The third-order valence-corrected chi connectivity index (χ3v) is 4.83. The van der Waals surface area contributed by atoms with Crippen molar-refractivity contribution in [2.75, 3.05) is 13.7 Å². The summed E-state index contributed by atoms with van der Waals surface area (Å²) in [7, 11) is 1.73. The van der Waals surface area contributed by atoms with Gasteiger partial charge in [0.25, 0.3) is 0 Å². The van der Waals surface area contributed by atoms with Gasteiger partial charge in [0.2, 0.25) is 5.91 Å². The van der Waals surface area contributed by atoms with Gasteiger partial charge in [0.15, 0.2) is 0 Å². The van der Waals surface area contributed by atoms with E-state index in [9.17, 15) is 9.90 Å². The molecule has 5 heteroatoms. The third kappa shape index (κ3) is 3.26. The Morgan fingerprint density at radius 3 is 2.16 bits per heavy atom. The van der Waals surface area contributed by atoms with Gasteiger partial charge < -0.3 is 15.7 Å². The summed E-state index contributed by atoms with van der Waals surface area (Å²) in [6.45, 7) is 3.60. The molecule has 1 aliphatic carbocycles. The second-order valence-corrected chi connectivity index (χ2v) is 6.64. The number of carbonyl (C=O) groups is 1. The highest BCUT2D eigenvalue weighted by molar-refractivity contribution is 7.80. The number of aliphatic hydroxyl groups is 1. The first kappa shape index (κ1) is 16.4. The first-order chi connectivity index (χ1) is 8.78. The zero-order chi connectivity index (χ0) is 14.7. The average Bonchev–Trinajstić information content (AvgIpc) is 2.63. The topological polar surface area (TPSA) is 66.6 Å². The standard InChI is InChI=1S/C14H26N2O2S/c1-13(2,10-17)16(3)12(18)14(11(15)19)8-6-4-5-7-9-14/h17H,4-10H2,1-3H3,(H2,15,19). The zero-order valence-corrected chi connectivity index (χ0v) is 13.1. The Hall–Kier alpha value is -0.680. The summed E-state index contributed by atoms with van der Waals surface area (Å²) in [6.07, 6.45) is 5.68. The van der Waals surface area contributed by atoms with E-state index < -0.39 is 11.0 Å². The number of carbonyl (C=O) groups excluding carboxylic acids is 1. The summed E-state index contributed by atoms with van der Waals surface area (Å²) in [6, 6.07) is 0. The number of nitrogens with two attached hydrogens (primary N) is 1. The fourth-order valence-corrected chi connectivity index (χ4v) is 2.89. The molecule has 1 aliphatic rings. The molecule has 0 aromatic rings. The van der Waals surface area contributed by atoms with E-state index in [4.69, 9.17) is 18.0 Å². The molecule has 0 aromatic heterocycles. The molecule has 0 heterocycles. The van der Waals surface area contributed by atoms with Crippen molar-refractivity contribution in [3.8, 4) is 0 Å². The van der Waals surface area contributed by atoms with Gasteiger partial charge in [-0.3, -0.25) is 4.79 Å². The Labute approximate surface area is 121 Å². The minimum atomic E-state index is -0.715. The van der Waals surface area contributed by atoms with Gasteiger partial charge in [0.05, 0.1) is 22.5 Å². The Balaban J connectivity index is 3.05. The Morgan fingerprint density at radius 2 is 1.79 bits per heavy atom. The van der Waals surface area contributed by atoms with Crippen molar-refractivity contribution in [3.05, 3.63) is 0 Å². The molecule has 0 saturated heterocycles. The minimum Gasteiger partial charge on any atom is -0.394 e. The molecule has 3 N–H and O–H groups in total. The lowest BCUT2D eigenvalue weighted by molar-refractivity contribution is -0.144. The smallest absolute Gasteiger partial charge is 0.235 e. The molecule has 1 rings (SSSR count). The van der Waals surface area contributed by atoms with E-state index in [0.29, 0.717) is 4.99 Å². The number of rotatable bonds is 4. The summed E-state index contributed by atoms with van der Waals surface area (Å²) >= 11 is 5.21. The maximum atomic E-state index is 12.9. The summed E-state index contributed by atoms with van der Waals surface area (Å²) < 4.78 is 0. The molecular weight excluding hydrogens is 260 g/mol. The normalized spacial score (nSPS) is 19.6. The largest absolute Gasteiger partial charge is 0.394 e. The minimum absolute atomic E-state index is 0.0408. The van der Waals surface area contributed by atoms with Crippen LogP contribution in [0.25, 0.3) is 0 Å². The van der Waals surface area contributed by atoms with Crippen molar-refractivity contribution in [2.45, 2.75) is 57.9 Å². The second-order valence-electron chi connectivity index (χ2n) is 6.20. The fraction of sp³-hybridized carbons (Fsp3) is 0.857. The van der Waals surface area contributed by atoms with Crippen molar-refractivity contribution in [1.82, 2.24) is 4.90 Å². The Morgan fingerprint density at radius 1 is 1.32 bits per heavy atom. The molecule has 19 heavy (non-hydrogen) atoms. The van der Waals surface area contributed by atoms with E-state index in [-0.39, 0.29) is 12.5 Å². The zero-order valence-electron chi connectivity index (χ0n) is 12.2. The van der Waals surface area contributed by atoms with Crippen LogP contribution in [0.5, 0.6) is 0 Å². The van der Waals surface area contributed by atoms with E-state index in [1.54, 1.807) is 11.9 Å². The van der Waals surface area contributed by atoms with Crippen molar-refractivity contribution < 1.29 is 9.90 Å². The van der Waals surface area contributed by atoms with Crippen molar-refractivity contribution >= 4 is 23.1 Å². The van der Waals surface area contributed by atoms with Crippen molar-refractivity contribution in [3.63, 3.8) is 0 Å². The van der Waals surface area contributed by atoms with Crippen molar-refractivity contribution in [2.24, 2.45) is 11.1 Å². The monoisotopic (exact) mass is 286 g/mol. The SMILES string of the molecule is CN(C(=O)C1(C(N)=S)CCCCCC1)C(C)(C)CO. The second kappa shape index (κ2) is 6.18. The molecule has 1 fully saturated rings. The Kier molecular flexibility index (Phi) is 5.33. The van der Waals surface area contributed by atoms with Crippen LogP contribution in [0.1, 0.15) is 52.4 Å². The number of hydrogen-bond donors (Lipinski definition) is 2. The molecule has 0 aliphatic heterocycles. The van der Waals surface area contributed by atoms with Gasteiger partial charge in [0, 0.05) is 7.05 Å². The van der Waals surface area contributed by atoms with Gasteiger partial charge in [-0.05, 0) is 26.7 Å². The quantitative estimate of drug-likeness (QED) is 0.611. The number of nitrogens with zero attached hydrogens (tertiary/aromatic N) is 1. The van der Waals surface area contributed by atoms with Crippen molar-refractivity contribution in [1.29, 1.82) is 0 Å². The van der Waals surface area contributed by atoms with Crippen LogP contribution < -0.4 is 5.73 Å². The van der Waals surface area contributed by atoms with Crippen LogP contribution >= 0.6 is 12.2 Å². The third-order valence-electron chi connectivity index (χ3n) is 4.44. The molecule has 0 atom stereocenters. The average molecular weight is 286 g/mol. The lowest BCUT2D eigenvalue weighted by Gasteiger charge is -2.41. The molecule has 0 bridgehead atoms. The van der Waals surface area contributed by atoms with Crippen LogP contribution in [0.3, 0.4) is 0 Å². The van der Waals surface area contributed by atoms with Crippen LogP contribution in [0.15, 0.2) is 0 Å². The molecule has 0 unspecified atom stereocenters. The summed E-state index contributed by atoms with van der Waals surface area (Å²) in [5, 5.41) is 9.43. The number of amides is 1. The highest BCUT2D eigenvalue weighted by Crippen LogP contribution is 2.38. The van der Waals surface area contributed by atoms with Crippen LogP contribution in [0.4, 0.5) is 0 Å². The first-order valence-corrected chi connectivity index (χ1v) is 7.38. The molecule has 4 nitrogen and oxygen atoms in total. The van der Waals surface area contributed by atoms with Gasteiger partial charge in [-0.1, -0.05) is 37.9 Å². The lowest BCUT2D eigenvalue weighted by atomic mass is 9.78. The molecule has 0 spiro atoms. The Bertz CT molecular complexity index is 347. The number of aliphatic hydroxyl groups excluding tert-OH is 1. The molecular formula is C14H26N2O2S. The molecule has 1 amide bonds. The molecule has 0 aromatic carbocycles. The highest BCUT2D eigenvalue weighted by Gasteiger charge is 2.45. The summed E-state index contributed by atoms with van der Waals surface area (Å²) in [4.78, 5) is 14.8. The van der Waals surface area contributed by atoms with Gasteiger partial charge >= 0.3 is 0 Å². The molecule has 110 valence electrons. The fourth-order valence-electron chi connectivity index (χ4n) is 2.60. The van der Waals surface area contributed by atoms with E-state index in [0.717, 1.165) is 38.5 Å².